The first-order valence-electron chi connectivity index (χ1n) is 7.53. The van der Waals surface area contributed by atoms with Gasteiger partial charge >= 0.3 is 7.37 Å². The smallest absolute Gasteiger partial charge is 0.303 e. The van der Waals surface area contributed by atoms with E-state index in [1.165, 1.54) is 0 Å². The molecule has 23 heavy (non-hydrogen) atoms. The molecule has 0 saturated carbocycles. The van der Waals surface area contributed by atoms with Crippen molar-refractivity contribution in [2.45, 2.75) is 5.78 Å². The Balaban J connectivity index is 1.89. The van der Waals surface area contributed by atoms with E-state index < -0.39 is 13.2 Å². The molecule has 3 aromatic rings. The summed E-state index contributed by atoms with van der Waals surface area (Å²) >= 11 is 0. The van der Waals surface area contributed by atoms with Gasteiger partial charge in [-0.3, -0.25) is 4.57 Å². The van der Waals surface area contributed by atoms with Crippen molar-refractivity contribution in [3.63, 3.8) is 0 Å². The molecule has 1 aliphatic rings. The van der Waals surface area contributed by atoms with Crippen LogP contribution < -0.4 is 15.1 Å². The maximum Gasteiger partial charge on any atom is 0.303 e. The highest BCUT2D eigenvalue weighted by Gasteiger charge is 2.42. The normalized spacial score (nSPS) is 22.5. The van der Waals surface area contributed by atoms with Crippen molar-refractivity contribution in [2.24, 2.45) is 0 Å². The molecule has 0 bridgehead atoms. The van der Waals surface area contributed by atoms with E-state index in [4.69, 9.17) is 4.52 Å². The molecule has 1 N–H and O–H groups in total. The van der Waals surface area contributed by atoms with Crippen LogP contribution >= 0.6 is 7.37 Å². The first-order valence-corrected chi connectivity index (χ1v) is 9.22. The van der Waals surface area contributed by atoms with Gasteiger partial charge in [0.05, 0.1) is 11.0 Å². The summed E-state index contributed by atoms with van der Waals surface area (Å²) in [5, 5.41) is 4.13. The van der Waals surface area contributed by atoms with Crippen molar-refractivity contribution in [1.82, 2.24) is 0 Å². The molecule has 0 unspecified atom stereocenters. The lowest BCUT2D eigenvalue weighted by molar-refractivity contribution is 0.477. The van der Waals surface area contributed by atoms with Crippen LogP contribution in [0.15, 0.2) is 84.9 Å². The van der Waals surface area contributed by atoms with Gasteiger partial charge in [-0.1, -0.05) is 60.7 Å². The van der Waals surface area contributed by atoms with Crippen LogP contribution in [-0.4, -0.2) is 0 Å². The zero-order valence-corrected chi connectivity index (χ0v) is 13.3. The van der Waals surface area contributed by atoms with Gasteiger partial charge in [0.25, 0.3) is 0 Å². The van der Waals surface area contributed by atoms with E-state index in [0.29, 0.717) is 5.75 Å². The molecule has 0 aromatic heterocycles. The number of para-hydroxylation sites is 2. The number of benzene rings is 3. The largest absolute Gasteiger partial charge is 0.436 e. The predicted molar refractivity (Wildman–Crippen MR) is 93.6 cm³/mol. The van der Waals surface area contributed by atoms with E-state index in [0.717, 1.165) is 16.6 Å². The molecule has 2 atom stereocenters. The average Bonchev–Trinajstić information content (AvgIpc) is 2.62. The predicted octanol–water partition coefficient (Wildman–Crippen LogP) is 4.79. The van der Waals surface area contributed by atoms with Crippen LogP contribution in [-0.2, 0) is 4.57 Å². The molecule has 0 aliphatic carbocycles. The van der Waals surface area contributed by atoms with Crippen LogP contribution in [0, 0.1) is 0 Å². The Hall–Kier alpha value is -2.51. The molecule has 114 valence electrons. The number of nitrogens with one attached hydrogen (secondary N) is 1. The second-order valence-corrected chi connectivity index (χ2v) is 7.89. The van der Waals surface area contributed by atoms with Crippen LogP contribution in [0.25, 0.3) is 0 Å². The van der Waals surface area contributed by atoms with E-state index in [-0.39, 0.29) is 0 Å². The van der Waals surface area contributed by atoms with Crippen molar-refractivity contribution in [2.75, 3.05) is 5.32 Å². The van der Waals surface area contributed by atoms with E-state index >= 15 is 0 Å². The zero-order valence-electron chi connectivity index (χ0n) is 12.4. The summed E-state index contributed by atoms with van der Waals surface area (Å²) in [6, 6.07) is 26.9. The van der Waals surface area contributed by atoms with Gasteiger partial charge in [0.2, 0.25) is 0 Å². The van der Waals surface area contributed by atoms with Gasteiger partial charge in [-0.25, -0.2) is 0 Å². The molecule has 4 rings (SSSR count). The first-order chi connectivity index (χ1) is 11.3. The van der Waals surface area contributed by atoms with Gasteiger partial charge in [-0.15, -0.1) is 0 Å². The first kappa shape index (κ1) is 14.1. The molecule has 0 saturated heterocycles. The Bertz CT molecular complexity index is 865. The van der Waals surface area contributed by atoms with Gasteiger partial charge in [0.1, 0.15) is 11.5 Å². The minimum Gasteiger partial charge on any atom is -0.436 e. The standard InChI is InChI=1S/C19H16NO2P/c21-23(16-11-5-2-6-12-16)19(15-9-3-1-4-10-15)20-17-13-7-8-14-18(17)22-23/h1-14,19-20H/t19-,23-/m0/s1. The molecule has 1 heterocycles. The fourth-order valence-electron chi connectivity index (χ4n) is 2.85. The summed E-state index contributed by atoms with van der Waals surface area (Å²) in [7, 11) is -3.14. The second-order valence-electron chi connectivity index (χ2n) is 5.48. The highest BCUT2D eigenvalue weighted by atomic mass is 31.2. The van der Waals surface area contributed by atoms with Crippen molar-refractivity contribution in [3.05, 3.63) is 90.5 Å². The minimum absolute atomic E-state index is 0.402. The summed E-state index contributed by atoms with van der Waals surface area (Å²) in [6.07, 6.45) is 0. The highest BCUT2D eigenvalue weighted by molar-refractivity contribution is 7.67. The Kier molecular flexibility index (Phi) is 3.44. The van der Waals surface area contributed by atoms with E-state index in [1.807, 2.05) is 84.9 Å². The Morgan fingerprint density at radius 3 is 2.13 bits per heavy atom. The number of hydrogen-bond donors (Lipinski definition) is 1. The van der Waals surface area contributed by atoms with Crippen LogP contribution in [0.2, 0.25) is 0 Å². The molecule has 3 aromatic carbocycles. The lowest BCUT2D eigenvalue weighted by atomic mass is 10.2. The lowest BCUT2D eigenvalue weighted by Gasteiger charge is -2.35. The maximum absolute atomic E-state index is 13.8. The van der Waals surface area contributed by atoms with Gasteiger partial charge in [0.15, 0.2) is 0 Å². The topological polar surface area (TPSA) is 38.3 Å². The van der Waals surface area contributed by atoms with Crippen LogP contribution in [0.5, 0.6) is 5.75 Å². The van der Waals surface area contributed by atoms with Crippen molar-refractivity contribution in [1.29, 1.82) is 0 Å². The van der Waals surface area contributed by atoms with Gasteiger partial charge in [-0.2, -0.15) is 0 Å². The summed E-state index contributed by atoms with van der Waals surface area (Å²) in [5.41, 5.74) is 1.82. The summed E-state index contributed by atoms with van der Waals surface area (Å²) in [6.45, 7) is 0. The highest BCUT2D eigenvalue weighted by Crippen LogP contribution is 2.62. The quantitative estimate of drug-likeness (QED) is 0.689. The third-order valence-electron chi connectivity index (χ3n) is 3.98. The Labute approximate surface area is 135 Å². The van der Waals surface area contributed by atoms with Gasteiger partial charge < -0.3 is 9.84 Å². The number of rotatable bonds is 2. The maximum atomic E-state index is 13.8. The Morgan fingerprint density at radius 1 is 0.783 bits per heavy atom. The summed E-state index contributed by atoms with van der Waals surface area (Å²) in [5.74, 6) is 0.230. The second kappa shape index (κ2) is 5.60. The zero-order chi connectivity index (χ0) is 15.7. The number of fused-ring (bicyclic) bond motifs is 1. The molecule has 3 nitrogen and oxygen atoms in total. The fourth-order valence-corrected chi connectivity index (χ4v) is 5.27. The molecule has 0 spiro atoms. The summed E-state index contributed by atoms with van der Waals surface area (Å²) in [4.78, 5) is 0. The van der Waals surface area contributed by atoms with Crippen molar-refractivity contribution < 1.29 is 9.09 Å². The molecule has 0 radical (unpaired) electrons. The average molecular weight is 321 g/mol. The molecule has 0 amide bonds. The van der Waals surface area contributed by atoms with Gasteiger partial charge in [-0.05, 0) is 29.8 Å². The molecular weight excluding hydrogens is 305 g/mol. The fraction of sp³-hybridized carbons (Fsp3) is 0.0526. The summed E-state index contributed by atoms with van der Waals surface area (Å²) < 4.78 is 19.9. The SMILES string of the molecule is O=[P@@]1(c2ccccc2)Oc2ccccc2N[C@@H]1c1ccccc1. The molecular formula is C19H16NO2P. The van der Waals surface area contributed by atoms with Gasteiger partial charge in [0, 0.05) is 0 Å². The molecule has 0 fully saturated rings. The monoisotopic (exact) mass is 321 g/mol. The third-order valence-corrected chi connectivity index (χ3v) is 6.58. The van der Waals surface area contributed by atoms with E-state index in [2.05, 4.69) is 5.32 Å². The Morgan fingerprint density at radius 2 is 1.39 bits per heavy atom. The van der Waals surface area contributed by atoms with Crippen LogP contribution in [0.4, 0.5) is 5.69 Å². The van der Waals surface area contributed by atoms with Crippen molar-refractivity contribution in [3.8, 4) is 5.75 Å². The van der Waals surface area contributed by atoms with Crippen molar-refractivity contribution >= 4 is 18.4 Å². The molecule has 1 aliphatic heterocycles. The van der Waals surface area contributed by atoms with E-state index in [1.54, 1.807) is 0 Å². The van der Waals surface area contributed by atoms with E-state index in [9.17, 15) is 4.57 Å². The third kappa shape index (κ3) is 2.43. The minimum atomic E-state index is -3.14. The lowest BCUT2D eigenvalue weighted by Crippen LogP contribution is -2.25. The van der Waals surface area contributed by atoms with Crippen LogP contribution in [0.1, 0.15) is 11.3 Å². The molecule has 4 heteroatoms. The number of hydrogen-bond acceptors (Lipinski definition) is 3. The van der Waals surface area contributed by atoms with Crippen LogP contribution in [0.3, 0.4) is 0 Å². The number of anilines is 1.